The van der Waals surface area contributed by atoms with Gasteiger partial charge in [0.25, 0.3) is 0 Å². The molecular formula is C23H28O5. The van der Waals surface area contributed by atoms with Crippen molar-refractivity contribution in [3.05, 3.63) is 72.7 Å². The van der Waals surface area contributed by atoms with Gasteiger partial charge in [-0.25, -0.2) is 0 Å². The molecule has 150 valence electrons. The summed E-state index contributed by atoms with van der Waals surface area (Å²) in [5.41, 5.74) is 3.67. The summed E-state index contributed by atoms with van der Waals surface area (Å²) in [7, 11) is 0. The first kappa shape index (κ1) is 21.4. The van der Waals surface area contributed by atoms with E-state index in [0.717, 1.165) is 42.9 Å². The van der Waals surface area contributed by atoms with E-state index in [1.165, 1.54) is 11.8 Å². The van der Waals surface area contributed by atoms with Crippen molar-refractivity contribution >= 4 is 0 Å². The summed E-state index contributed by atoms with van der Waals surface area (Å²) in [6.45, 7) is 6.83. The normalized spacial score (nSPS) is 10.0. The Morgan fingerprint density at radius 3 is 1.89 bits per heavy atom. The van der Waals surface area contributed by atoms with E-state index in [0.29, 0.717) is 13.2 Å². The fourth-order valence-corrected chi connectivity index (χ4v) is 2.35. The highest BCUT2D eigenvalue weighted by Gasteiger charge is 1.99. The van der Waals surface area contributed by atoms with Crippen molar-refractivity contribution in [1.82, 2.24) is 0 Å². The Bertz CT molecular complexity index is 703. The van der Waals surface area contributed by atoms with Crippen LogP contribution >= 0.6 is 0 Å². The molecule has 0 unspecified atom stereocenters. The van der Waals surface area contributed by atoms with Crippen LogP contribution in [0.25, 0.3) is 0 Å². The lowest BCUT2D eigenvalue weighted by Crippen LogP contribution is -2.05. The van der Waals surface area contributed by atoms with E-state index in [1.54, 1.807) is 0 Å². The Labute approximate surface area is 167 Å². The largest absolute Gasteiger partial charge is 0.494 e. The molecule has 0 aliphatic rings. The van der Waals surface area contributed by atoms with Crippen molar-refractivity contribution in [3.8, 4) is 17.2 Å². The van der Waals surface area contributed by atoms with Crippen LogP contribution in [-0.2, 0) is 9.78 Å². The summed E-state index contributed by atoms with van der Waals surface area (Å²) >= 11 is 0. The Kier molecular flexibility index (Phi) is 10.2. The van der Waals surface area contributed by atoms with Crippen molar-refractivity contribution in [1.29, 1.82) is 0 Å². The number of aryl methyl sites for hydroxylation is 1. The van der Waals surface area contributed by atoms with Crippen molar-refractivity contribution in [2.24, 2.45) is 0 Å². The molecular weight excluding hydrogens is 356 g/mol. The van der Waals surface area contributed by atoms with Crippen LogP contribution in [-0.4, -0.2) is 20.0 Å². The van der Waals surface area contributed by atoms with Gasteiger partial charge in [-0.15, -0.1) is 0 Å². The fourth-order valence-electron chi connectivity index (χ4n) is 2.35. The minimum atomic E-state index is 0.169. The summed E-state index contributed by atoms with van der Waals surface area (Å²) in [5, 5.41) is 0. The Hall–Kier alpha value is -2.88. The quantitative estimate of drug-likeness (QED) is 0.106. The molecule has 0 radical (unpaired) electrons. The molecule has 0 heterocycles. The molecule has 0 spiro atoms. The molecule has 0 fully saturated rings. The predicted octanol–water partition coefficient (Wildman–Crippen LogP) is 5.60. The lowest BCUT2D eigenvalue weighted by molar-refractivity contribution is -0.248. The first-order valence-electron chi connectivity index (χ1n) is 9.45. The summed E-state index contributed by atoms with van der Waals surface area (Å²) in [5.74, 6) is 2.37. The van der Waals surface area contributed by atoms with Gasteiger partial charge in [0, 0.05) is 0 Å². The maximum Gasteiger partial charge on any atom is 0.230 e. The maximum atomic E-state index is 5.74. The van der Waals surface area contributed by atoms with E-state index in [4.69, 9.17) is 19.1 Å². The summed E-state index contributed by atoms with van der Waals surface area (Å²) in [6.07, 6.45) is 5.38. The van der Waals surface area contributed by atoms with Gasteiger partial charge in [0.15, 0.2) is 6.26 Å². The van der Waals surface area contributed by atoms with Gasteiger partial charge in [0.05, 0.1) is 13.2 Å². The van der Waals surface area contributed by atoms with Gasteiger partial charge < -0.3 is 19.1 Å². The van der Waals surface area contributed by atoms with Gasteiger partial charge in [0.1, 0.15) is 17.2 Å². The third kappa shape index (κ3) is 9.17. The third-order valence-corrected chi connectivity index (χ3v) is 3.89. The number of hydrogen-bond donors (Lipinski definition) is 0. The first-order valence-corrected chi connectivity index (χ1v) is 9.45. The highest BCUT2D eigenvalue weighted by molar-refractivity contribution is 5.31. The molecule has 0 amide bonds. The number of ether oxygens (including phenoxy) is 3. The monoisotopic (exact) mass is 384 g/mol. The lowest BCUT2D eigenvalue weighted by atomic mass is 10.2. The van der Waals surface area contributed by atoms with Crippen LogP contribution in [0, 0.1) is 6.92 Å². The number of rotatable bonds is 14. The average molecular weight is 384 g/mol. The van der Waals surface area contributed by atoms with Crippen molar-refractivity contribution < 1.29 is 24.0 Å². The van der Waals surface area contributed by atoms with E-state index >= 15 is 0 Å². The Morgan fingerprint density at radius 2 is 1.29 bits per heavy atom. The summed E-state index contributed by atoms with van der Waals surface area (Å²) in [6, 6.07) is 15.4. The zero-order valence-electron chi connectivity index (χ0n) is 16.4. The fraction of sp³-hybridized carbons (Fsp3) is 0.348. The molecule has 0 saturated carbocycles. The van der Waals surface area contributed by atoms with Crippen LogP contribution in [0.2, 0.25) is 0 Å². The molecule has 0 atom stereocenters. The molecule has 2 aromatic carbocycles. The van der Waals surface area contributed by atoms with Gasteiger partial charge in [-0.05, 0) is 62.6 Å². The molecule has 28 heavy (non-hydrogen) atoms. The minimum Gasteiger partial charge on any atom is -0.494 e. The van der Waals surface area contributed by atoms with Crippen LogP contribution < -0.4 is 14.2 Å². The predicted molar refractivity (Wildman–Crippen MR) is 108 cm³/mol. The van der Waals surface area contributed by atoms with E-state index in [2.05, 4.69) is 17.2 Å². The van der Waals surface area contributed by atoms with E-state index < -0.39 is 0 Å². The zero-order valence-corrected chi connectivity index (χ0v) is 16.4. The van der Waals surface area contributed by atoms with Crippen LogP contribution in [0.15, 0.2) is 67.1 Å². The smallest absolute Gasteiger partial charge is 0.230 e. The van der Waals surface area contributed by atoms with Crippen LogP contribution in [0.1, 0.15) is 31.2 Å². The standard InChI is InChI=1S/C23H28O5/c1-3-16-27-28-18-7-5-4-6-17-24-21-12-14-23(15-13-21)26-19-25-22-10-8-20(2)9-11-22/h8-16H,1,4-7,17-19H2,2H3. The second-order valence-electron chi connectivity index (χ2n) is 6.19. The third-order valence-electron chi connectivity index (χ3n) is 3.89. The Morgan fingerprint density at radius 1 is 0.750 bits per heavy atom. The van der Waals surface area contributed by atoms with Gasteiger partial charge in [-0.2, -0.15) is 4.89 Å². The Balaban J connectivity index is 1.52. The van der Waals surface area contributed by atoms with Gasteiger partial charge >= 0.3 is 0 Å². The second kappa shape index (κ2) is 13.3. The molecule has 2 aromatic rings. The minimum absolute atomic E-state index is 0.169. The number of hydrogen-bond acceptors (Lipinski definition) is 5. The van der Waals surface area contributed by atoms with E-state index in [-0.39, 0.29) is 6.79 Å². The highest BCUT2D eigenvalue weighted by Crippen LogP contribution is 2.19. The van der Waals surface area contributed by atoms with Gasteiger partial charge in [-0.1, -0.05) is 36.4 Å². The molecule has 0 bridgehead atoms. The zero-order chi connectivity index (χ0) is 19.9. The summed E-state index contributed by atoms with van der Waals surface area (Å²) in [4.78, 5) is 9.60. The molecule has 0 aliphatic carbocycles. The van der Waals surface area contributed by atoms with Crippen molar-refractivity contribution in [3.63, 3.8) is 0 Å². The average Bonchev–Trinajstić information content (AvgIpc) is 2.72. The van der Waals surface area contributed by atoms with Crippen molar-refractivity contribution in [2.45, 2.75) is 32.6 Å². The topological polar surface area (TPSA) is 46.2 Å². The molecule has 2 rings (SSSR count). The first-order chi connectivity index (χ1) is 13.8. The molecule has 0 N–H and O–H groups in total. The SMILES string of the molecule is C=C=COOCCCCCCOc1ccc(OCOc2ccc(C)cc2)cc1. The summed E-state index contributed by atoms with van der Waals surface area (Å²) < 4.78 is 16.9. The van der Waals surface area contributed by atoms with Crippen LogP contribution in [0.4, 0.5) is 0 Å². The number of unbranched alkanes of at least 4 members (excludes halogenated alkanes) is 3. The molecule has 0 aromatic heterocycles. The van der Waals surface area contributed by atoms with Crippen LogP contribution in [0.5, 0.6) is 17.2 Å². The molecule has 5 nitrogen and oxygen atoms in total. The number of benzene rings is 2. The van der Waals surface area contributed by atoms with Crippen LogP contribution in [0.3, 0.4) is 0 Å². The highest BCUT2D eigenvalue weighted by atomic mass is 17.2. The van der Waals surface area contributed by atoms with Gasteiger partial charge in [0.2, 0.25) is 6.79 Å². The lowest BCUT2D eigenvalue weighted by Gasteiger charge is -2.10. The molecule has 0 saturated heterocycles. The molecule has 0 aliphatic heterocycles. The van der Waals surface area contributed by atoms with E-state index in [9.17, 15) is 0 Å². The van der Waals surface area contributed by atoms with E-state index in [1.807, 2.05) is 55.5 Å². The van der Waals surface area contributed by atoms with Gasteiger partial charge in [-0.3, -0.25) is 0 Å². The maximum absolute atomic E-state index is 5.74. The second-order valence-corrected chi connectivity index (χ2v) is 6.19. The molecule has 5 heteroatoms. The van der Waals surface area contributed by atoms with Crippen molar-refractivity contribution in [2.75, 3.05) is 20.0 Å².